The van der Waals surface area contributed by atoms with Crippen LogP contribution in [-0.4, -0.2) is 9.97 Å². The van der Waals surface area contributed by atoms with Crippen molar-refractivity contribution in [3.63, 3.8) is 0 Å². The number of hydrogen-bond donors (Lipinski definition) is 0. The Bertz CT molecular complexity index is 282. The van der Waals surface area contributed by atoms with Gasteiger partial charge in [0.05, 0.1) is 0 Å². The molecule has 0 saturated heterocycles. The van der Waals surface area contributed by atoms with E-state index >= 15 is 0 Å². The summed E-state index contributed by atoms with van der Waals surface area (Å²) in [5.41, 5.74) is 1.19. The van der Waals surface area contributed by atoms with Crippen LogP contribution in [0.4, 0.5) is 0 Å². The Labute approximate surface area is 93.2 Å². The monoisotopic (exact) mass is 206 g/mol. The van der Waals surface area contributed by atoms with Gasteiger partial charge in [0.1, 0.15) is 5.82 Å². The molecule has 0 amide bonds. The van der Waals surface area contributed by atoms with Gasteiger partial charge >= 0.3 is 0 Å². The molecule has 0 spiro atoms. The second-order valence-electron chi connectivity index (χ2n) is 4.59. The Balaban J connectivity index is 2.15. The molecule has 0 bridgehead atoms. The standard InChI is InChI=1S/C13H22N2/c1-11(2)7-5-4-6-8-13-9-10-14-12(3)15-13/h9-11H,4-8H2,1-3H3. The highest BCUT2D eigenvalue weighted by atomic mass is 14.9. The van der Waals surface area contributed by atoms with Crippen molar-refractivity contribution in [2.75, 3.05) is 0 Å². The largest absolute Gasteiger partial charge is 0.242 e. The summed E-state index contributed by atoms with van der Waals surface area (Å²) in [4.78, 5) is 8.49. The molecule has 2 nitrogen and oxygen atoms in total. The normalized spacial score (nSPS) is 10.9. The number of rotatable bonds is 6. The van der Waals surface area contributed by atoms with Gasteiger partial charge in [0.15, 0.2) is 0 Å². The first-order valence-electron chi connectivity index (χ1n) is 5.97. The quantitative estimate of drug-likeness (QED) is 0.665. The van der Waals surface area contributed by atoms with Gasteiger partial charge in [-0.1, -0.05) is 33.1 Å². The average molecular weight is 206 g/mol. The minimum atomic E-state index is 0.839. The zero-order valence-electron chi connectivity index (χ0n) is 10.2. The van der Waals surface area contributed by atoms with Gasteiger partial charge in [-0.15, -0.1) is 0 Å². The van der Waals surface area contributed by atoms with Crippen LogP contribution in [0.3, 0.4) is 0 Å². The van der Waals surface area contributed by atoms with E-state index in [1.54, 1.807) is 0 Å². The SMILES string of the molecule is Cc1nccc(CCCCCC(C)C)n1. The number of aryl methyl sites for hydroxylation is 2. The van der Waals surface area contributed by atoms with Crippen LogP contribution in [0.1, 0.15) is 51.0 Å². The fraction of sp³-hybridized carbons (Fsp3) is 0.692. The summed E-state index contributed by atoms with van der Waals surface area (Å²) in [6.45, 7) is 6.52. The minimum Gasteiger partial charge on any atom is -0.242 e. The van der Waals surface area contributed by atoms with Crippen molar-refractivity contribution < 1.29 is 0 Å². The fourth-order valence-corrected chi connectivity index (χ4v) is 1.68. The summed E-state index contributed by atoms with van der Waals surface area (Å²) in [6.07, 6.45) is 8.22. The van der Waals surface area contributed by atoms with Crippen LogP contribution in [-0.2, 0) is 6.42 Å². The van der Waals surface area contributed by atoms with Gasteiger partial charge in [0.2, 0.25) is 0 Å². The van der Waals surface area contributed by atoms with Crippen molar-refractivity contribution >= 4 is 0 Å². The molecule has 1 rings (SSSR count). The van der Waals surface area contributed by atoms with Gasteiger partial charge in [0, 0.05) is 11.9 Å². The number of unbranched alkanes of at least 4 members (excludes halogenated alkanes) is 2. The van der Waals surface area contributed by atoms with Gasteiger partial charge in [-0.2, -0.15) is 0 Å². The molecular weight excluding hydrogens is 184 g/mol. The lowest BCUT2D eigenvalue weighted by Crippen LogP contribution is -1.95. The molecular formula is C13H22N2. The van der Waals surface area contributed by atoms with Crippen LogP contribution < -0.4 is 0 Å². The van der Waals surface area contributed by atoms with Crippen LogP contribution in [0.2, 0.25) is 0 Å². The predicted octanol–water partition coefficient (Wildman–Crippen LogP) is 3.54. The zero-order valence-corrected chi connectivity index (χ0v) is 10.2. The van der Waals surface area contributed by atoms with E-state index in [9.17, 15) is 0 Å². The third kappa shape index (κ3) is 5.50. The smallest absolute Gasteiger partial charge is 0.125 e. The van der Waals surface area contributed by atoms with E-state index < -0.39 is 0 Å². The molecule has 0 aliphatic carbocycles. The van der Waals surface area contributed by atoms with Crippen LogP contribution in [0.15, 0.2) is 12.3 Å². The number of nitrogens with zero attached hydrogens (tertiary/aromatic N) is 2. The van der Waals surface area contributed by atoms with Gasteiger partial charge in [-0.3, -0.25) is 0 Å². The molecule has 0 aromatic carbocycles. The molecule has 0 aliphatic rings. The van der Waals surface area contributed by atoms with Crippen molar-refractivity contribution in [3.8, 4) is 0 Å². The Hall–Kier alpha value is -0.920. The van der Waals surface area contributed by atoms with E-state index in [4.69, 9.17) is 0 Å². The molecule has 1 heterocycles. The summed E-state index contributed by atoms with van der Waals surface area (Å²) in [5, 5.41) is 0. The molecule has 84 valence electrons. The molecule has 0 saturated carbocycles. The van der Waals surface area contributed by atoms with E-state index in [0.29, 0.717) is 0 Å². The predicted molar refractivity (Wildman–Crippen MR) is 63.8 cm³/mol. The first kappa shape index (κ1) is 12.2. The maximum atomic E-state index is 4.39. The van der Waals surface area contributed by atoms with E-state index in [0.717, 1.165) is 18.2 Å². The molecule has 0 atom stereocenters. The Morgan fingerprint density at radius 2 is 2.00 bits per heavy atom. The number of aromatic nitrogens is 2. The average Bonchev–Trinajstić information content (AvgIpc) is 2.17. The lowest BCUT2D eigenvalue weighted by Gasteiger charge is -2.04. The molecule has 15 heavy (non-hydrogen) atoms. The van der Waals surface area contributed by atoms with Gasteiger partial charge in [-0.25, -0.2) is 9.97 Å². The molecule has 1 aromatic heterocycles. The van der Waals surface area contributed by atoms with Crippen molar-refractivity contribution in [3.05, 3.63) is 23.8 Å². The van der Waals surface area contributed by atoms with E-state index in [-0.39, 0.29) is 0 Å². The molecule has 0 aliphatic heterocycles. The molecule has 0 N–H and O–H groups in total. The first-order valence-corrected chi connectivity index (χ1v) is 5.97. The van der Waals surface area contributed by atoms with Crippen molar-refractivity contribution in [2.24, 2.45) is 5.92 Å². The van der Waals surface area contributed by atoms with E-state index in [1.165, 1.54) is 31.4 Å². The Morgan fingerprint density at radius 1 is 1.20 bits per heavy atom. The lowest BCUT2D eigenvalue weighted by atomic mass is 10.0. The molecule has 2 heteroatoms. The lowest BCUT2D eigenvalue weighted by molar-refractivity contribution is 0.526. The topological polar surface area (TPSA) is 25.8 Å². The highest BCUT2D eigenvalue weighted by Gasteiger charge is 1.97. The molecule has 0 radical (unpaired) electrons. The third-order valence-electron chi connectivity index (χ3n) is 2.55. The summed E-state index contributed by atoms with van der Waals surface area (Å²) in [7, 11) is 0. The summed E-state index contributed by atoms with van der Waals surface area (Å²) >= 11 is 0. The van der Waals surface area contributed by atoms with Crippen molar-refractivity contribution in [1.29, 1.82) is 0 Å². The maximum Gasteiger partial charge on any atom is 0.125 e. The second-order valence-corrected chi connectivity index (χ2v) is 4.59. The van der Waals surface area contributed by atoms with Crippen LogP contribution >= 0.6 is 0 Å². The van der Waals surface area contributed by atoms with Crippen LogP contribution in [0.25, 0.3) is 0 Å². The summed E-state index contributed by atoms with van der Waals surface area (Å²) in [5.74, 6) is 1.72. The molecule has 0 fully saturated rings. The Kier molecular flexibility index (Phi) is 5.30. The Morgan fingerprint density at radius 3 is 2.67 bits per heavy atom. The third-order valence-corrected chi connectivity index (χ3v) is 2.55. The first-order chi connectivity index (χ1) is 7.18. The number of hydrogen-bond acceptors (Lipinski definition) is 2. The van der Waals surface area contributed by atoms with E-state index in [2.05, 4.69) is 23.8 Å². The molecule has 0 unspecified atom stereocenters. The minimum absolute atomic E-state index is 0.839. The van der Waals surface area contributed by atoms with Gasteiger partial charge in [0.25, 0.3) is 0 Å². The second kappa shape index (κ2) is 6.54. The zero-order chi connectivity index (χ0) is 11.1. The van der Waals surface area contributed by atoms with Crippen LogP contribution in [0.5, 0.6) is 0 Å². The van der Waals surface area contributed by atoms with E-state index in [1.807, 2.05) is 19.2 Å². The van der Waals surface area contributed by atoms with Crippen LogP contribution in [0, 0.1) is 12.8 Å². The van der Waals surface area contributed by atoms with Crippen molar-refractivity contribution in [1.82, 2.24) is 9.97 Å². The summed E-state index contributed by atoms with van der Waals surface area (Å²) < 4.78 is 0. The summed E-state index contributed by atoms with van der Waals surface area (Å²) in [6, 6.07) is 2.02. The highest BCUT2D eigenvalue weighted by Crippen LogP contribution is 2.10. The van der Waals surface area contributed by atoms with Crippen molar-refractivity contribution in [2.45, 2.75) is 52.9 Å². The fourth-order valence-electron chi connectivity index (χ4n) is 1.68. The maximum absolute atomic E-state index is 4.39. The van der Waals surface area contributed by atoms with Gasteiger partial charge in [-0.05, 0) is 31.7 Å². The highest BCUT2D eigenvalue weighted by molar-refractivity contribution is 5.01. The van der Waals surface area contributed by atoms with Gasteiger partial charge < -0.3 is 0 Å². The molecule has 1 aromatic rings.